The van der Waals surface area contributed by atoms with Crippen LogP contribution in [0.25, 0.3) is 0 Å². The van der Waals surface area contributed by atoms with Gasteiger partial charge in [0.25, 0.3) is 0 Å². The Morgan fingerprint density at radius 1 is 1.07 bits per heavy atom. The first-order valence-electron chi connectivity index (χ1n) is 9.88. The van der Waals surface area contributed by atoms with Crippen molar-refractivity contribution >= 4 is 17.9 Å². The average molecular weight is 379 g/mol. The van der Waals surface area contributed by atoms with Crippen molar-refractivity contribution < 1.29 is 19.1 Å². The predicted molar refractivity (Wildman–Crippen MR) is 107 cm³/mol. The number of aldehydes is 1. The van der Waals surface area contributed by atoms with E-state index in [1.54, 1.807) is 24.1 Å². The number of anilines is 1. The summed E-state index contributed by atoms with van der Waals surface area (Å²) in [6.07, 6.45) is 6.02. The lowest BCUT2D eigenvalue weighted by molar-refractivity contribution is -0.117. The van der Waals surface area contributed by atoms with Crippen LogP contribution >= 0.6 is 0 Å². The van der Waals surface area contributed by atoms with Gasteiger partial charge in [0, 0.05) is 24.4 Å². The second-order valence-corrected chi connectivity index (χ2v) is 7.52. The van der Waals surface area contributed by atoms with Crippen LogP contribution in [0.4, 0.5) is 5.69 Å². The van der Waals surface area contributed by atoms with Crippen LogP contribution in [-0.4, -0.2) is 32.0 Å². The number of carbonyl (C=O) groups is 2. The number of carbonyl (C=O) groups excluding carboxylic acids is 2. The molecule has 1 aliphatic heterocycles. The van der Waals surface area contributed by atoms with E-state index in [9.17, 15) is 9.59 Å². The molecule has 4 rings (SSSR count). The van der Waals surface area contributed by atoms with Gasteiger partial charge in [-0.05, 0) is 55.5 Å². The maximum atomic E-state index is 12.7. The summed E-state index contributed by atoms with van der Waals surface area (Å²) in [5, 5.41) is 0. The lowest BCUT2D eigenvalue weighted by atomic mass is 9.98. The molecule has 2 aromatic rings. The summed E-state index contributed by atoms with van der Waals surface area (Å²) >= 11 is 0. The van der Waals surface area contributed by atoms with Crippen molar-refractivity contribution in [2.45, 2.75) is 44.1 Å². The smallest absolute Gasteiger partial charge is 0.227 e. The van der Waals surface area contributed by atoms with Gasteiger partial charge in [0.2, 0.25) is 5.91 Å². The first-order valence-corrected chi connectivity index (χ1v) is 9.88. The Morgan fingerprint density at radius 3 is 2.61 bits per heavy atom. The minimum atomic E-state index is 0.0355. The van der Waals surface area contributed by atoms with Crippen molar-refractivity contribution in [3.05, 3.63) is 53.6 Å². The normalized spacial score (nSPS) is 19.8. The van der Waals surface area contributed by atoms with E-state index in [2.05, 4.69) is 0 Å². The van der Waals surface area contributed by atoms with Crippen molar-refractivity contribution in [2.75, 3.05) is 18.6 Å². The third-order valence-corrected chi connectivity index (χ3v) is 5.73. The fourth-order valence-corrected chi connectivity index (χ4v) is 4.22. The van der Waals surface area contributed by atoms with Crippen LogP contribution in [0.1, 0.15) is 53.9 Å². The van der Waals surface area contributed by atoms with E-state index >= 15 is 0 Å². The minimum absolute atomic E-state index is 0.0355. The number of benzene rings is 2. The summed E-state index contributed by atoms with van der Waals surface area (Å²) in [5.74, 6) is 1.58. The molecule has 1 heterocycles. The molecule has 5 nitrogen and oxygen atoms in total. The standard InChI is InChI=1S/C23H25NO4/c1-27-21-11-10-16(12-22(21)28-19-7-3-4-8-19)18-13-23(26)24(14-18)20-9-5-2-6-17(20)15-25/h2,5-6,9-12,15,18-19H,3-4,7-8,13-14H2,1H3/t18-/m0/s1. The van der Waals surface area contributed by atoms with Crippen LogP contribution in [0, 0.1) is 0 Å². The van der Waals surface area contributed by atoms with E-state index < -0.39 is 0 Å². The lowest BCUT2D eigenvalue weighted by Crippen LogP contribution is -2.25. The summed E-state index contributed by atoms with van der Waals surface area (Å²) in [7, 11) is 1.65. The largest absolute Gasteiger partial charge is 0.493 e. The highest BCUT2D eigenvalue weighted by atomic mass is 16.5. The topological polar surface area (TPSA) is 55.8 Å². The molecule has 1 saturated heterocycles. The van der Waals surface area contributed by atoms with Crippen molar-refractivity contribution in [1.29, 1.82) is 0 Å². The van der Waals surface area contributed by atoms with E-state index in [1.165, 1.54) is 12.8 Å². The summed E-state index contributed by atoms with van der Waals surface area (Å²) in [6.45, 7) is 0.554. The Bertz CT molecular complexity index is 873. The highest BCUT2D eigenvalue weighted by molar-refractivity contribution is 6.00. The van der Waals surface area contributed by atoms with Crippen molar-refractivity contribution in [2.24, 2.45) is 0 Å². The minimum Gasteiger partial charge on any atom is -0.493 e. The summed E-state index contributed by atoms with van der Waals surface area (Å²) in [5.41, 5.74) is 2.28. The third kappa shape index (κ3) is 3.61. The molecule has 5 heteroatoms. The van der Waals surface area contributed by atoms with E-state index in [0.717, 1.165) is 36.2 Å². The molecule has 1 atom stereocenters. The summed E-state index contributed by atoms with van der Waals surface area (Å²) in [4.78, 5) is 25.7. The zero-order valence-corrected chi connectivity index (χ0v) is 16.1. The number of hydrogen-bond donors (Lipinski definition) is 0. The van der Waals surface area contributed by atoms with Crippen LogP contribution in [0.5, 0.6) is 11.5 Å². The first kappa shape index (κ1) is 18.5. The number of rotatable bonds is 6. The second-order valence-electron chi connectivity index (χ2n) is 7.52. The molecule has 0 N–H and O–H groups in total. The molecular weight excluding hydrogens is 354 g/mol. The van der Waals surface area contributed by atoms with Gasteiger partial charge < -0.3 is 14.4 Å². The SMILES string of the molecule is COc1ccc([C@H]2CC(=O)N(c3ccccc3C=O)C2)cc1OC1CCCC1. The zero-order chi connectivity index (χ0) is 19.5. The average Bonchev–Trinajstić information content (AvgIpc) is 3.37. The van der Waals surface area contributed by atoms with Gasteiger partial charge in [-0.3, -0.25) is 9.59 Å². The summed E-state index contributed by atoms with van der Waals surface area (Å²) < 4.78 is 11.7. The van der Waals surface area contributed by atoms with Crippen LogP contribution in [-0.2, 0) is 4.79 Å². The Labute approximate surface area is 165 Å². The summed E-state index contributed by atoms with van der Waals surface area (Å²) in [6, 6.07) is 13.2. The van der Waals surface area contributed by atoms with Gasteiger partial charge >= 0.3 is 0 Å². The molecule has 1 amide bonds. The van der Waals surface area contributed by atoms with Crippen LogP contribution in [0.3, 0.4) is 0 Å². The maximum Gasteiger partial charge on any atom is 0.227 e. The maximum absolute atomic E-state index is 12.7. The molecule has 2 fully saturated rings. The number of amides is 1. The van der Waals surface area contributed by atoms with Crippen molar-refractivity contribution in [1.82, 2.24) is 0 Å². The highest BCUT2D eigenvalue weighted by Crippen LogP contribution is 2.38. The number of ether oxygens (including phenoxy) is 2. The Kier molecular flexibility index (Phi) is 5.33. The van der Waals surface area contributed by atoms with Gasteiger partial charge in [-0.1, -0.05) is 18.2 Å². The lowest BCUT2D eigenvalue weighted by Gasteiger charge is -2.20. The van der Waals surface area contributed by atoms with E-state index in [4.69, 9.17) is 9.47 Å². The van der Waals surface area contributed by atoms with Gasteiger partial charge in [-0.2, -0.15) is 0 Å². The Hall–Kier alpha value is -2.82. The molecule has 146 valence electrons. The molecule has 2 aromatic carbocycles. The third-order valence-electron chi connectivity index (χ3n) is 5.73. The van der Waals surface area contributed by atoms with E-state index in [1.807, 2.05) is 30.3 Å². The fourth-order valence-electron chi connectivity index (χ4n) is 4.22. The molecule has 28 heavy (non-hydrogen) atoms. The number of methoxy groups -OCH3 is 1. The van der Waals surface area contributed by atoms with Crippen LogP contribution in [0.15, 0.2) is 42.5 Å². The Balaban J connectivity index is 1.57. The molecule has 0 bridgehead atoms. The molecule has 2 aliphatic rings. The monoisotopic (exact) mass is 379 g/mol. The number of para-hydroxylation sites is 1. The van der Waals surface area contributed by atoms with Gasteiger partial charge in [-0.25, -0.2) is 0 Å². The number of nitrogens with zero attached hydrogens (tertiary/aromatic N) is 1. The molecule has 1 saturated carbocycles. The van der Waals surface area contributed by atoms with Gasteiger partial charge in [0.15, 0.2) is 17.8 Å². The molecule has 0 radical (unpaired) electrons. The van der Waals surface area contributed by atoms with Gasteiger partial charge in [-0.15, -0.1) is 0 Å². The molecule has 1 aliphatic carbocycles. The van der Waals surface area contributed by atoms with Crippen molar-refractivity contribution in [3.63, 3.8) is 0 Å². The highest BCUT2D eigenvalue weighted by Gasteiger charge is 2.33. The van der Waals surface area contributed by atoms with E-state index in [0.29, 0.717) is 24.2 Å². The first-order chi connectivity index (χ1) is 13.7. The van der Waals surface area contributed by atoms with Gasteiger partial charge in [0.05, 0.1) is 18.9 Å². The van der Waals surface area contributed by atoms with Gasteiger partial charge in [0.1, 0.15) is 0 Å². The van der Waals surface area contributed by atoms with E-state index in [-0.39, 0.29) is 17.9 Å². The van der Waals surface area contributed by atoms with Crippen molar-refractivity contribution in [3.8, 4) is 11.5 Å². The quantitative estimate of drug-likeness (QED) is 0.700. The fraction of sp³-hybridized carbons (Fsp3) is 0.391. The molecule has 0 unspecified atom stereocenters. The number of hydrogen-bond acceptors (Lipinski definition) is 4. The van der Waals surface area contributed by atoms with Crippen LogP contribution in [0.2, 0.25) is 0 Å². The predicted octanol–water partition coefficient (Wildman–Crippen LogP) is 4.35. The molecule has 0 spiro atoms. The Morgan fingerprint density at radius 2 is 1.86 bits per heavy atom. The molecular formula is C23H25NO4. The zero-order valence-electron chi connectivity index (χ0n) is 16.1. The molecule has 0 aromatic heterocycles. The second kappa shape index (κ2) is 8.05. The van der Waals surface area contributed by atoms with Crippen LogP contribution < -0.4 is 14.4 Å².